The van der Waals surface area contributed by atoms with Gasteiger partial charge in [-0.1, -0.05) is 39.2 Å². The van der Waals surface area contributed by atoms with E-state index in [0.717, 1.165) is 31.3 Å². The second-order valence-corrected chi connectivity index (χ2v) is 4.05. The Labute approximate surface area is 100 Å². The molecular formula is C14H26O2. The van der Waals surface area contributed by atoms with Gasteiger partial charge in [0.15, 0.2) is 0 Å². The summed E-state index contributed by atoms with van der Waals surface area (Å²) in [5.41, 5.74) is 0.875. The summed E-state index contributed by atoms with van der Waals surface area (Å²) in [6.07, 6.45) is 9.75. The van der Waals surface area contributed by atoms with Gasteiger partial charge in [0.05, 0.1) is 6.61 Å². The zero-order valence-electron chi connectivity index (χ0n) is 11.1. The third-order valence-electron chi connectivity index (χ3n) is 2.54. The van der Waals surface area contributed by atoms with E-state index in [1.165, 1.54) is 19.3 Å². The molecule has 0 aromatic heterocycles. The predicted octanol–water partition coefficient (Wildman–Crippen LogP) is 4.25. The second-order valence-electron chi connectivity index (χ2n) is 4.05. The van der Waals surface area contributed by atoms with E-state index in [4.69, 9.17) is 4.74 Å². The van der Waals surface area contributed by atoms with Crippen LogP contribution in [0.2, 0.25) is 0 Å². The smallest absolute Gasteiger partial charge is 0.333 e. The highest BCUT2D eigenvalue weighted by Crippen LogP contribution is 2.12. The molecule has 0 aromatic rings. The molecule has 0 aromatic carbocycles. The SMILES string of the molecule is CCCCCC=C(CCCC)C(=O)OCC. The molecule has 0 atom stereocenters. The molecule has 0 N–H and O–H groups in total. The Morgan fingerprint density at radius 3 is 2.31 bits per heavy atom. The molecule has 0 amide bonds. The van der Waals surface area contributed by atoms with Crippen molar-refractivity contribution < 1.29 is 9.53 Å². The summed E-state index contributed by atoms with van der Waals surface area (Å²) in [7, 11) is 0. The first-order valence-corrected chi connectivity index (χ1v) is 6.62. The van der Waals surface area contributed by atoms with Crippen molar-refractivity contribution >= 4 is 5.97 Å². The van der Waals surface area contributed by atoms with Crippen molar-refractivity contribution in [2.24, 2.45) is 0 Å². The Morgan fingerprint density at radius 1 is 1.06 bits per heavy atom. The Balaban J connectivity index is 4.11. The van der Waals surface area contributed by atoms with Crippen LogP contribution in [0.3, 0.4) is 0 Å². The molecular weight excluding hydrogens is 200 g/mol. The number of carbonyl (C=O) groups is 1. The molecule has 0 aliphatic rings. The average Bonchev–Trinajstić information content (AvgIpc) is 2.28. The molecule has 0 fully saturated rings. The number of hydrogen-bond donors (Lipinski definition) is 0. The van der Waals surface area contributed by atoms with Gasteiger partial charge in [-0.25, -0.2) is 4.79 Å². The molecule has 0 aliphatic carbocycles. The van der Waals surface area contributed by atoms with Gasteiger partial charge in [-0.3, -0.25) is 0 Å². The summed E-state index contributed by atoms with van der Waals surface area (Å²) in [6, 6.07) is 0. The van der Waals surface area contributed by atoms with Gasteiger partial charge >= 0.3 is 5.97 Å². The minimum absolute atomic E-state index is 0.118. The zero-order valence-corrected chi connectivity index (χ0v) is 11.1. The monoisotopic (exact) mass is 226 g/mol. The molecule has 0 spiro atoms. The van der Waals surface area contributed by atoms with Crippen LogP contribution in [0.1, 0.15) is 65.7 Å². The lowest BCUT2D eigenvalue weighted by Gasteiger charge is -2.06. The Hall–Kier alpha value is -0.790. The number of carbonyl (C=O) groups excluding carboxylic acids is 1. The van der Waals surface area contributed by atoms with E-state index in [1.54, 1.807) is 0 Å². The molecule has 0 saturated carbocycles. The van der Waals surface area contributed by atoms with Gasteiger partial charge in [-0.2, -0.15) is 0 Å². The molecule has 2 heteroatoms. The molecule has 0 radical (unpaired) electrons. The minimum Gasteiger partial charge on any atom is -0.463 e. The van der Waals surface area contributed by atoms with Gasteiger partial charge < -0.3 is 4.74 Å². The molecule has 0 heterocycles. The second kappa shape index (κ2) is 10.7. The van der Waals surface area contributed by atoms with Crippen LogP contribution in [0.5, 0.6) is 0 Å². The van der Waals surface area contributed by atoms with Crippen LogP contribution in [0.4, 0.5) is 0 Å². The van der Waals surface area contributed by atoms with E-state index >= 15 is 0 Å². The first kappa shape index (κ1) is 15.2. The summed E-state index contributed by atoms with van der Waals surface area (Å²) in [5, 5.41) is 0. The molecule has 94 valence electrons. The Kier molecular flexibility index (Phi) is 10.2. The molecule has 0 aliphatic heterocycles. The van der Waals surface area contributed by atoms with Crippen LogP contribution in [0, 0.1) is 0 Å². The molecule has 0 rings (SSSR count). The van der Waals surface area contributed by atoms with Gasteiger partial charge in [-0.15, -0.1) is 0 Å². The minimum atomic E-state index is -0.118. The maximum absolute atomic E-state index is 11.6. The van der Waals surface area contributed by atoms with Gasteiger partial charge in [0.1, 0.15) is 0 Å². The predicted molar refractivity (Wildman–Crippen MR) is 68.4 cm³/mol. The molecule has 2 nitrogen and oxygen atoms in total. The highest BCUT2D eigenvalue weighted by Gasteiger charge is 2.08. The highest BCUT2D eigenvalue weighted by atomic mass is 16.5. The molecule has 0 unspecified atom stereocenters. The van der Waals surface area contributed by atoms with Gasteiger partial charge in [-0.05, 0) is 32.6 Å². The highest BCUT2D eigenvalue weighted by molar-refractivity contribution is 5.88. The molecule has 16 heavy (non-hydrogen) atoms. The Morgan fingerprint density at radius 2 is 1.75 bits per heavy atom. The van der Waals surface area contributed by atoms with Gasteiger partial charge in [0.2, 0.25) is 0 Å². The van der Waals surface area contributed by atoms with Crippen molar-refractivity contribution in [1.82, 2.24) is 0 Å². The van der Waals surface area contributed by atoms with Crippen LogP contribution in [-0.2, 0) is 9.53 Å². The van der Waals surface area contributed by atoms with Crippen molar-refractivity contribution in [2.75, 3.05) is 6.61 Å². The number of hydrogen-bond acceptors (Lipinski definition) is 2. The van der Waals surface area contributed by atoms with Crippen LogP contribution in [0.25, 0.3) is 0 Å². The number of rotatable bonds is 9. The average molecular weight is 226 g/mol. The van der Waals surface area contributed by atoms with E-state index in [9.17, 15) is 4.79 Å². The molecule has 0 bridgehead atoms. The first-order chi connectivity index (χ1) is 7.76. The summed E-state index contributed by atoms with van der Waals surface area (Å²) in [5.74, 6) is -0.118. The quantitative estimate of drug-likeness (QED) is 0.334. The summed E-state index contributed by atoms with van der Waals surface area (Å²) in [6.45, 7) is 6.65. The van der Waals surface area contributed by atoms with E-state index in [1.807, 2.05) is 6.92 Å². The molecule has 0 saturated heterocycles. The lowest BCUT2D eigenvalue weighted by molar-refractivity contribution is -0.138. The lowest BCUT2D eigenvalue weighted by atomic mass is 10.1. The van der Waals surface area contributed by atoms with Gasteiger partial charge in [0, 0.05) is 5.57 Å². The third kappa shape index (κ3) is 7.49. The summed E-state index contributed by atoms with van der Waals surface area (Å²) >= 11 is 0. The normalized spacial score (nSPS) is 11.6. The summed E-state index contributed by atoms with van der Waals surface area (Å²) < 4.78 is 5.05. The number of allylic oxidation sites excluding steroid dienone is 1. The maximum Gasteiger partial charge on any atom is 0.333 e. The van der Waals surface area contributed by atoms with Crippen molar-refractivity contribution in [2.45, 2.75) is 65.7 Å². The summed E-state index contributed by atoms with van der Waals surface area (Å²) in [4.78, 5) is 11.6. The Bertz CT molecular complexity index is 207. The van der Waals surface area contributed by atoms with E-state index < -0.39 is 0 Å². The van der Waals surface area contributed by atoms with Crippen molar-refractivity contribution in [3.05, 3.63) is 11.6 Å². The van der Waals surface area contributed by atoms with Crippen LogP contribution >= 0.6 is 0 Å². The topological polar surface area (TPSA) is 26.3 Å². The fourth-order valence-corrected chi connectivity index (χ4v) is 1.55. The maximum atomic E-state index is 11.6. The fourth-order valence-electron chi connectivity index (χ4n) is 1.55. The van der Waals surface area contributed by atoms with Crippen molar-refractivity contribution in [3.8, 4) is 0 Å². The largest absolute Gasteiger partial charge is 0.463 e. The van der Waals surface area contributed by atoms with Crippen molar-refractivity contribution in [1.29, 1.82) is 0 Å². The number of esters is 1. The first-order valence-electron chi connectivity index (χ1n) is 6.62. The number of ether oxygens (including phenoxy) is 1. The van der Waals surface area contributed by atoms with Gasteiger partial charge in [0.25, 0.3) is 0 Å². The third-order valence-corrected chi connectivity index (χ3v) is 2.54. The standard InChI is InChI=1S/C14H26O2/c1-4-7-9-10-12-13(11-8-5-2)14(15)16-6-3/h12H,4-11H2,1-3H3. The van der Waals surface area contributed by atoms with Crippen LogP contribution < -0.4 is 0 Å². The lowest BCUT2D eigenvalue weighted by Crippen LogP contribution is -2.07. The fraction of sp³-hybridized carbons (Fsp3) is 0.786. The van der Waals surface area contributed by atoms with E-state index in [0.29, 0.717) is 6.61 Å². The van der Waals surface area contributed by atoms with E-state index in [-0.39, 0.29) is 5.97 Å². The van der Waals surface area contributed by atoms with Crippen molar-refractivity contribution in [3.63, 3.8) is 0 Å². The van der Waals surface area contributed by atoms with E-state index in [2.05, 4.69) is 19.9 Å². The number of unbranched alkanes of at least 4 members (excludes halogenated alkanes) is 4. The zero-order chi connectivity index (χ0) is 12.2. The van der Waals surface area contributed by atoms with Crippen LogP contribution in [-0.4, -0.2) is 12.6 Å². The van der Waals surface area contributed by atoms with Crippen LogP contribution in [0.15, 0.2) is 11.6 Å².